The van der Waals surface area contributed by atoms with Crippen LogP contribution in [0.4, 0.5) is 0 Å². The first-order valence-corrected chi connectivity index (χ1v) is 7.96. The maximum absolute atomic E-state index is 12.7. The van der Waals surface area contributed by atoms with Crippen molar-refractivity contribution in [2.75, 3.05) is 0 Å². The normalized spacial score (nSPS) is 11.3. The number of hydrogen-bond donors (Lipinski definition) is 0. The average molecular weight is 303 g/mol. The first kappa shape index (κ1) is 13.6. The fourth-order valence-corrected chi connectivity index (χ4v) is 4.13. The van der Waals surface area contributed by atoms with Crippen molar-refractivity contribution >= 4 is 43.1 Å². The van der Waals surface area contributed by atoms with Crippen molar-refractivity contribution in [1.82, 2.24) is 0 Å². The lowest BCUT2D eigenvalue weighted by atomic mass is 10.0. The first-order chi connectivity index (χ1) is 9.63. The van der Waals surface area contributed by atoms with Crippen LogP contribution in [0.25, 0.3) is 20.2 Å². The highest BCUT2D eigenvalue weighted by atomic mass is 35.5. The van der Waals surface area contributed by atoms with Gasteiger partial charge in [0.15, 0.2) is 5.43 Å². The van der Waals surface area contributed by atoms with E-state index in [2.05, 4.69) is 13.0 Å². The molecule has 0 saturated heterocycles. The number of aryl methyl sites for hydroxylation is 2. The van der Waals surface area contributed by atoms with E-state index in [1.807, 2.05) is 31.2 Å². The van der Waals surface area contributed by atoms with Gasteiger partial charge in [-0.1, -0.05) is 43.1 Å². The summed E-state index contributed by atoms with van der Waals surface area (Å²) in [7, 11) is 0. The van der Waals surface area contributed by atoms with Gasteiger partial charge in [-0.05, 0) is 36.6 Å². The van der Waals surface area contributed by atoms with E-state index < -0.39 is 0 Å². The molecule has 0 bridgehead atoms. The Morgan fingerprint density at radius 3 is 2.75 bits per heavy atom. The van der Waals surface area contributed by atoms with Crippen LogP contribution in [0.2, 0.25) is 5.02 Å². The molecule has 1 heterocycles. The van der Waals surface area contributed by atoms with E-state index in [0.717, 1.165) is 33.2 Å². The van der Waals surface area contributed by atoms with Crippen molar-refractivity contribution in [3.63, 3.8) is 0 Å². The minimum Gasteiger partial charge on any atom is -0.288 e. The summed E-state index contributed by atoms with van der Waals surface area (Å²) in [5.74, 6) is 0. The van der Waals surface area contributed by atoms with Crippen LogP contribution < -0.4 is 5.43 Å². The molecule has 0 saturated carbocycles. The summed E-state index contributed by atoms with van der Waals surface area (Å²) >= 11 is 8.08. The van der Waals surface area contributed by atoms with E-state index in [4.69, 9.17) is 11.6 Å². The first-order valence-electron chi connectivity index (χ1n) is 6.77. The van der Waals surface area contributed by atoms with Crippen molar-refractivity contribution in [3.05, 3.63) is 56.7 Å². The zero-order valence-electron chi connectivity index (χ0n) is 11.5. The van der Waals surface area contributed by atoms with Gasteiger partial charge in [0.05, 0.1) is 10.4 Å². The molecule has 1 aromatic heterocycles. The van der Waals surface area contributed by atoms with Crippen LogP contribution in [-0.2, 0) is 6.42 Å². The van der Waals surface area contributed by atoms with Gasteiger partial charge in [0, 0.05) is 14.8 Å². The Kier molecular flexibility index (Phi) is 3.53. The molecule has 0 atom stereocenters. The van der Waals surface area contributed by atoms with E-state index in [9.17, 15) is 4.79 Å². The molecular weight excluding hydrogens is 288 g/mol. The second-order valence-electron chi connectivity index (χ2n) is 5.05. The maximum Gasteiger partial charge on any atom is 0.197 e. The lowest BCUT2D eigenvalue weighted by Gasteiger charge is -2.10. The van der Waals surface area contributed by atoms with Gasteiger partial charge in [-0.2, -0.15) is 0 Å². The third kappa shape index (κ3) is 2.04. The van der Waals surface area contributed by atoms with E-state index in [-0.39, 0.29) is 5.43 Å². The lowest BCUT2D eigenvalue weighted by molar-refractivity contribution is 0.929. The molecule has 0 aliphatic carbocycles. The molecule has 0 N–H and O–H groups in total. The number of hydrogen-bond acceptors (Lipinski definition) is 2. The molecule has 3 heteroatoms. The fraction of sp³-hybridized carbons (Fsp3) is 0.235. The highest BCUT2D eigenvalue weighted by Crippen LogP contribution is 2.34. The summed E-state index contributed by atoms with van der Waals surface area (Å²) in [4.78, 5) is 12.7. The SMILES string of the molecule is CCCc1cc(C)c(Cl)c2c(=O)c3ccccc3sc12. The second kappa shape index (κ2) is 5.19. The van der Waals surface area contributed by atoms with Crippen LogP contribution in [0.3, 0.4) is 0 Å². The van der Waals surface area contributed by atoms with Crippen LogP contribution >= 0.6 is 22.9 Å². The van der Waals surface area contributed by atoms with Crippen molar-refractivity contribution in [2.24, 2.45) is 0 Å². The van der Waals surface area contributed by atoms with Crippen LogP contribution in [0.15, 0.2) is 35.1 Å². The van der Waals surface area contributed by atoms with Crippen molar-refractivity contribution in [1.29, 1.82) is 0 Å². The highest BCUT2D eigenvalue weighted by molar-refractivity contribution is 7.24. The van der Waals surface area contributed by atoms with Gasteiger partial charge in [0.25, 0.3) is 0 Å². The Hall–Kier alpha value is -1.38. The molecule has 0 fully saturated rings. The van der Waals surface area contributed by atoms with Gasteiger partial charge in [0.1, 0.15) is 0 Å². The Morgan fingerprint density at radius 1 is 1.25 bits per heavy atom. The Labute approximate surface area is 126 Å². The van der Waals surface area contributed by atoms with Crippen molar-refractivity contribution in [3.8, 4) is 0 Å². The minimum absolute atomic E-state index is 0.0559. The maximum atomic E-state index is 12.7. The Morgan fingerprint density at radius 2 is 2.00 bits per heavy atom. The zero-order chi connectivity index (χ0) is 14.3. The quantitative estimate of drug-likeness (QED) is 0.585. The summed E-state index contributed by atoms with van der Waals surface area (Å²) in [5.41, 5.74) is 2.28. The van der Waals surface area contributed by atoms with Gasteiger partial charge in [-0.3, -0.25) is 4.79 Å². The summed E-state index contributed by atoms with van der Waals surface area (Å²) in [6, 6.07) is 9.88. The van der Waals surface area contributed by atoms with Crippen LogP contribution in [0.5, 0.6) is 0 Å². The van der Waals surface area contributed by atoms with E-state index in [0.29, 0.717) is 10.4 Å². The predicted octanol–water partition coefficient (Wildman–Crippen LogP) is 5.33. The Balaban J connectivity index is 2.56. The van der Waals surface area contributed by atoms with Gasteiger partial charge < -0.3 is 0 Å². The molecule has 102 valence electrons. The van der Waals surface area contributed by atoms with E-state index >= 15 is 0 Å². The number of rotatable bonds is 2. The summed E-state index contributed by atoms with van der Waals surface area (Å²) in [6.07, 6.45) is 2.03. The van der Waals surface area contributed by atoms with Crippen LogP contribution in [0.1, 0.15) is 24.5 Å². The summed E-state index contributed by atoms with van der Waals surface area (Å²) in [5, 5.41) is 2.06. The van der Waals surface area contributed by atoms with Crippen LogP contribution in [-0.4, -0.2) is 0 Å². The predicted molar refractivity (Wildman–Crippen MR) is 89.3 cm³/mol. The van der Waals surface area contributed by atoms with Gasteiger partial charge >= 0.3 is 0 Å². The number of benzene rings is 2. The lowest BCUT2D eigenvalue weighted by Crippen LogP contribution is -2.04. The summed E-state index contributed by atoms with van der Waals surface area (Å²) < 4.78 is 2.08. The molecule has 3 rings (SSSR count). The van der Waals surface area contributed by atoms with Gasteiger partial charge in [-0.15, -0.1) is 11.3 Å². The smallest absolute Gasteiger partial charge is 0.197 e. The van der Waals surface area contributed by atoms with Crippen molar-refractivity contribution < 1.29 is 0 Å². The number of halogens is 1. The molecule has 0 unspecified atom stereocenters. The van der Waals surface area contributed by atoms with E-state index in [1.165, 1.54) is 5.56 Å². The molecule has 0 aliphatic rings. The van der Waals surface area contributed by atoms with Gasteiger partial charge in [-0.25, -0.2) is 0 Å². The molecular formula is C17H15ClOS. The molecule has 1 nitrogen and oxygen atoms in total. The summed E-state index contributed by atoms with van der Waals surface area (Å²) in [6.45, 7) is 4.12. The molecule has 0 aliphatic heterocycles. The molecule has 3 aromatic rings. The zero-order valence-corrected chi connectivity index (χ0v) is 13.1. The van der Waals surface area contributed by atoms with E-state index in [1.54, 1.807) is 11.3 Å². The molecule has 0 amide bonds. The average Bonchev–Trinajstić information content (AvgIpc) is 2.45. The topological polar surface area (TPSA) is 17.1 Å². The third-order valence-corrected chi connectivity index (χ3v) is 5.30. The second-order valence-corrected chi connectivity index (χ2v) is 6.48. The molecule has 0 radical (unpaired) electrons. The largest absolute Gasteiger partial charge is 0.288 e. The molecule has 0 spiro atoms. The monoisotopic (exact) mass is 302 g/mol. The standard InChI is InChI=1S/C17H15ClOS/c1-3-6-11-9-10(2)15(18)14-16(19)12-7-4-5-8-13(12)20-17(11)14/h4-5,7-9H,3,6H2,1-2H3. The number of fused-ring (bicyclic) bond motifs is 2. The molecule has 2 aromatic carbocycles. The van der Waals surface area contributed by atoms with Crippen molar-refractivity contribution in [2.45, 2.75) is 26.7 Å². The molecule has 20 heavy (non-hydrogen) atoms. The Bertz CT molecular complexity index is 864. The van der Waals surface area contributed by atoms with Gasteiger partial charge in [0.2, 0.25) is 0 Å². The third-order valence-electron chi connectivity index (χ3n) is 3.57. The highest BCUT2D eigenvalue weighted by Gasteiger charge is 2.14. The minimum atomic E-state index is 0.0559. The van der Waals surface area contributed by atoms with Crippen LogP contribution in [0, 0.1) is 6.92 Å². The fourth-order valence-electron chi connectivity index (χ4n) is 2.61.